The molecule has 1 saturated heterocycles. The molecule has 1 aliphatic heterocycles. The van der Waals surface area contributed by atoms with Crippen molar-refractivity contribution in [3.8, 4) is 17.6 Å². The molecule has 38 heavy (non-hydrogen) atoms. The third kappa shape index (κ3) is 5.87. The van der Waals surface area contributed by atoms with Gasteiger partial charge in [0.1, 0.15) is 11.9 Å². The number of ether oxygens (including phenoxy) is 1. The number of aliphatic carboxylic acids is 1. The number of methoxy groups -OCH3 is 1. The van der Waals surface area contributed by atoms with Crippen LogP contribution in [0.15, 0.2) is 36.5 Å². The number of pyridine rings is 1. The quantitative estimate of drug-likeness (QED) is 0.213. The van der Waals surface area contributed by atoms with E-state index in [0.29, 0.717) is 29.7 Å². The number of nitrogens with zero attached hydrogens (tertiary/aromatic N) is 2. The van der Waals surface area contributed by atoms with E-state index in [9.17, 15) is 23.1 Å². The second-order valence-electron chi connectivity index (χ2n) is 9.33. The Hall–Kier alpha value is -3.35. The van der Waals surface area contributed by atoms with Gasteiger partial charge in [0.2, 0.25) is 0 Å². The lowest BCUT2D eigenvalue weighted by molar-refractivity contribution is -0.152. The molecular weight excluding hydrogens is 524 g/mol. The lowest BCUT2D eigenvalue weighted by Crippen LogP contribution is -2.44. The minimum absolute atomic E-state index is 0.00666. The number of carboxylic acids is 1. The minimum Gasteiger partial charge on any atom is -0.497 e. The van der Waals surface area contributed by atoms with Crippen LogP contribution < -0.4 is 4.74 Å². The van der Waals surface area contributed by atoms with E-state index in [1.807, 2.05) is 4.90 Å². The van der Waals surface area contributed by atoms with E-state index in [1.165, 1.54) is 13.3 Å². The highest BCUT2D eigenvalue weighted by Crippen LogP contribution is 2.42. The average Bonchev–Trinajstić information content (AvgIpc) is 2.90. The fourth-order valence-corrected chi connectivity index (χ4v) is 5.02. The Morgan fingerprint density at radius 1 is 1.21 bits per heavy atom. The Kier molecular flexibility index (Phi) is 8.44. The summed E-state index contributed by atoms with van der Waals surface area (Å²) >= 11 is 6.31. The molecule has 1 aliphatic rings. The molecule has 5 nitrogen and oxygen atoms in total. The number of hydrogen-bond donors (Lipinski definition) is 1. The van der Waals surface area contributed by atoms with E-state index in [0.717, 1.165) is 12.1 Å². The number of benzene rings is 2. The molecule has 10 heteroatoms. The number of alkyl halides is 1. The maximum Gasteiger partial charge on any atom is 0.309 e. The van der Waals surface area contributed by atoms with Gasteiger partial charge >= 0.3 is 5.97 Å². The summed E-state index contributed by atoms with van der Waals surface area (Å²) in [6.07, 6.45) is 0.534. The van der Waals surface area contributed by atoms with Crippen LogP contribution in [-0.2, 0) is 4.79 Å². The smallest absolute Gasteiger partial charge is 0.309 e. The Labute approximate surface area is 222 Å². The van der Waals surface area contributed by atoms with Gasteiger partial charge in [-0.1, -0.05) is 23.4 Å². The van der Waals surface area contributed by atoms with Crippen molar-refractivity contribution in [3.05, 3.63) is 70.1 Å². The van der Waals surface area contributed by atoms with Crippen LogP contribution in [0.4, 0.5) is 17.6 Å². The lowest BCUT2D eigenvalue weighted by atomic mass is 9.74. The standard InChI is InChI=1S/C28H25ClF4N2O3/c1-38-18-4-5-24-19(15-18)25(20(29)16-34-24)21(30)6-7-28(27(36)37)8-11-35(12-9-28)10-2-3-17-13-22(31)26(33)23(32)14-17/h4-5,13-16,21H,6-12H2,1H3,(H,36,37)/t21-/m1/s1. The van der Waals surface area contributed by atoms with Gasteiger partial charge in [-0.3, -0.25) is 14.7 Å². The minimum atomic E-state index is -1.55. The highest BCUT2D eigenvalue weighted by Gasteiger charge is 2.41. The van der Waals surface area contributed by atoms with Gasteiger partial charge in [0.05, 0.1) is 29.6 Å². The predicted octanol–water partition coefficient (Wildman–Crippen LogP) is 6.32. The third-order valence-electron chi connectivity index (χ3n) is 7.04. The normalized spacial score (nSPS) is 16.1. The average molecular weight is 549 g/mol. The number of carboxylic acid groups (broad SMARTS) is 1. The summed E-state index contributed by atoms with van der Waals surface area (Å²) in [4.78, 5) is 18.4. The van der Waals surface area contributed by atoms with Crippen LogP contribution in [0.25, 0.3) is 10.9 Å². The summed E-state index contributed by atoms with van der Waals surface area (Å²) in [7, 11) is 1.50. The van der Waals surface area contributed by atoms with Gasteiger partial charge in [-0.25, -0.2) is 17.6 Å². The van der Waals surface area contributed by atoms with Gasteiger partial charge < -0.3 is 9.84 Å². The number of piperidine rings is 1. The third-order valence-corrected chi connectivity index (χ3v) is 7.34. The molecule has 0 bridgehead atoms. The molecule has 1 fully saturated rings. The van der Waals surface area contributed by atoms with E-state index in [-0.39, 0.29) is 48.4 Å². The molecule has 0 aliphatic carbocycles. The number of fused-ring (bicyclic) bond motifs is 1. The molecular formula is C28H25ClF4N2O3. The molecule has 1 atom stereocenters. The van der Waals surface area contributed by atoms with Crippen LogP contribution in [0, 0.1) is 34.7 Å². The maximum absolute atomic E-state index is 15.6. The van der Waals surface area contributed by atoms with E-state index in [4.69, 9.17) is 16.3 Å². The Balaban J connectivity index is 1.41. The van der Waals surface area contributed by atoms with E-state index < -0.39 is 35.0 Å². The first-order valence-electron chi connectivity index (χ1n) is 12.0. The Morgan fingerprint density at radius 3 is 2.53 bits per heavy atom. The molecule has 4 rings (SSSR count). The van der Waals surface area contributed by atoms with Crippen molar-refractivity contribution in [1.82, 2.24) is 9.88 Å². The second kappa shape index (κ2) is 11.6. The lowest BCUT2D eigenvalue weighted by Gasteiger charge is -2.38. The van der Waals surface area contributed by atoms with Gasteiger partial charge in [0.15, 0.2) is 17.5 Å². The molecule has 0 unspecified atom stereocenters. The molecule has 1 N–H and O–H groups in total. The zero-order chi connectivity index (χ0) is 27.4. The molecule has 1 aromatic heterocycles. The molecule has 3 aromatic rings. The summed E-state index contributed by atoms with van der Waals surface area (Å²) in [6.45, 7) is 1.04. The number of rotatable bonds is 7. The fourth-order valence-electron chi connectivity index (χ4n) is 4.75. The van der Waals surface area contributed by atoms with E-state index >= 15 is 4.39 Å². The summed E-state index contributed by atoms with van der Waals surface area (Å²) in [5, 5.41) is 10.7. The van der Waals surface area contributed by atoms with Crippen LogP contribution in [0.3, 0.4) is 0 Å². The first kappa shape index (κ1) is 27.7. The SMILES string of the molecule is COc1ccc2ncc(Cl)c([C@H](F)CCC3(C(=O)O)CCN(CC#Cc4cc(F)c(F)c(F)c4)CC3)c2c1. The molecule has 0 radical (unpaired) electrons. The van der Waals surface area contributed by atoms with Crippen molar-refractivity contribution in [2.75, 3.05) is 26.7 Å². The van der Waals surface area contributed by atoms with Gasteiger partial charge in [-0.2, -0.15) is 0 Å². The number of halogens is 5. The highest BCUT2D eigenvalue weighted by atomic mass is 35.5. The van der Waals surface area contributed by atoms with Crippen LogP contribution in [0.1, 0.15) is 43.0 Å². The zero-order valence-corrected chi connectivity index (χ0v) is 21.3. The van der Waals surface area contributed by atoms with Crippen molar-refractivity contribution >= 4 is 28.5 Å². The highest BCUT2D eigenvalue weighted by molar-refractivity contribution is 6.32. The molecule has 200 valence electrons. The molecule has 0 saturated carbocycles. The predicted molar refractivity (Wildman–Crippen MR) is 135 cm³/mol. The Morgan fingerprint density at radius 2 is 1.89 bits per heavy atom. The first-order chi connectivity index (χ1) is 18.1. The first-order valence-corrected chi connectivity index (χ1v) is 12.4. The summed E-state index contributed by atoms with van der Waals surface area (Å²) in [5.74, 6) is 0.752. The van der Waals surface area contributed by atoms with Crippen molar-refractivity contribution < 1.29 is 32.2 Å². The molecule has 2 aromatic carbocycles. The number of carbonyl (C=O) groups is 1. The summed E-state index contributed by atoms with van der Waals surface area (Å²) in [6, 6.07) is 6.73. The second-order valence-corrected chi connectivity index (χ2v) is 9.73. The molecule has 0 amide bonds. The fraction of sp³-hybridized carbons (Fsp3) is 0.357. The number of hydrogen-bond acceptors (Lipinski definition) is 4. The van der Waals surface area contributed by atoms with Crippen LogP contribution >= 0.6 is 11.6 Å². The summed E-state index contributed by atoms with van der Waals surface area (Å²) in [5.41, 5.74) is -0.282. The van der Waals surface area contributed by atoms with Crippen LogP contribution in [0.2, 0.25) is 5.02 Å². The van der Waals surface area contributed by atoms with Gasteiger partial charge in [0, 0.05) is 35.8 Å². The monoisotopic (exact) mass is 548 g/mol. The van der Waals surface area contributed by atoms with Crippen molar-refractivity contribution in [1.29, 1.82) is 0 Å². The van der Waals surface area contributed by atoms with Crippen molar-refractivity contribution in [2.24, 2.45) is 5.41 Å². The summed E-state index contributed by atoms with van der Waals surface area (Å²) < 4.78 is 60.7. The largest absolute Gasteiger partial charge is 0.497 e. The van der Waals surface area contributed by atoms with Crippen LogP contribution in [0.5, 0.6) is 5.75 Å². The number of likely N-dealkylation sites (tertiary alicyclic amines) is 1. The topological polar surface area (TPSA) is 62.7 Å². The van der Waals surface area contributed by atoms with Gasteiger partial charge in [-0.05, 0) is 56.0 Å². The molecule has 2 heterocycles. The number of aromatic nitrogens is 1. The van der Waals surface area contributed by atoms with Crippen LogP contribution in [-0.4, -0.2) is 47.7 Å². The maximum atomic E-state index is 15.6. The van der Waals surface area contributed by atoms with Crippen molar-refractivity contribution in [3.63, 3.8) is 0 Å². The zero-order valence-electron chi connectivity index (χ0n) is 20.5. The van der Waals surface area contributed by atoms with E-state index in [1.54, 1.807) is 18.2 Å². The van der Waals surface area contributed by atoms with Gasteiger partial charge in [0.25, 0.3) is 0 Å². The Bertz CT molecular complexity index is 1390. The van der Waals surface area contributed by atoms with Gasteiger partial charge in [-0.15, -0.1) is 0 Å². The molecule has 0 spiro atoms. The van der Waals surface area contributed by atoms with E-state index in [2.05, 4.69) is 16.8 Å². The van der Waals surface area contributed by atoms with Crippen molar-refractivity contribution in [2.45, 2.75) is 31.9 Å².